The minimum absolute atomic E-state index is 0.0530. The summed E-state index contributed by atoms with van der Waals surface area (Å²) in [5.74, 6) is -5.48. The number of carbonyl (C=O) groups is 10. The summed E-state index contributed by atoms with van der Waals surface area (Å²) in [6.07, 6.45) is 8.99. The summed E-state index contributed by atoms with van der Waals surface area (Å²) in [5.41, 5.74) is 0.864. The van der Waals surface area contributed by atoms with E-state index in [4.69, 9.17) is 18.9 Å². The molecule has 6 N–H and O–H groups in total. The maximum Gasteiger partial charge on any atom is 0.274 e. The number of rotatable bonds is 12. The number of amides is 10. The number of ether oxygens (including phenoxy) is 4. The fourth-order valence-corrected chi connectivity index (χ4v) is 12.4. The molecule has 26 heteroatoms. The van der Waals surface area contributed by atoms with E-state index in [-0.39, 0.29) is 88.2 Å². The Kier molecular flexibility index (Phi) is 24.9. The van der Waals surface area contributed by atoms with Crippen LogP contribution >= 0.6 is 0 Å². The lowest BCUT2D eigenvalue weighted by molar-refractivity contribution is -0.147. The largest absolute Gasteiger partial charge is 0.491 e. The van der Waals surface area contributed by atoms with Crippen molar-refractivity contribution in [2.75, 3.05) is 92.0 Å². The molecule has 5 fully saturated rings. The molecule has 0 bridgehead atoms. The molecule has 2 aromatic heterocycles. The van der Waals surface area contributed by atoms with E-state index in [2.05, 4.69) is 41.9 Å². The molecule has 9 rings (SSSR count). The van der Waals surface area contributed by atoms with Crippen LogP contribution in [-0.2, 0) is 47.8 Å². The summed E-state index contributed by atoms with van der Waals surface area (Å²) < 4.78 is 23.8. The summed E-state index contributed by atoms with van der Waals surface area (Å²) in [5, 5.41) is 18.5. The van der Waals surface area contributed by atoms with Crippen molar-refractivity contribution < 1.29 is 66.9 Å². The summed E-state index contributed by atoms with van der Waals surface area (Å²) in [4.78, 5) is 159. The molecular weight excluding hydrogens is 1180 g/mol. The maximum absolute atomic E-state index is 15.0. The van der Waals surface area contributed by atoms with E-state index in [0.717, 1.165) is 23.6 Å². The predicted octanol–water partition coefficient (Wildman–Crippen LogP) is 3.07. The zero-order chi connectivity index (χ0) is 64.9. The summed E-state index contributed by atoms with van der Waals surface area (Å²) in [6, 6.07) is 11.1. The summed E-state index contributed by atoms with van der Waals surface area (Å²) >= 11 is 0. The third-order valence-corrected chi connectivity index (χ3v) is 17.5. The zero-order valence-corrected chi connectivity index (χ0v) is 52.8. The second-order valence-electron chi connectivity index (χ2n) is 24.0. The molecule has 6 atom stereocenters. The molecule has 2 aromatic carbocycles. The summed E-state index contributed by atoms with van der Waals surface area (Å²) in [7, 11) is 0. The van der Waals surface area contributed by atoms with Gasteiger partial charge in [0.1, 0.15) is 49.5 Å². The van der Waals surface area contributed by atoms with Crippen LogP contribution in [0.4, 0.5) is 0 Å². The van der Waals surface area contributed by atoms with Crippen molar-refractivity contribution in [2.24, 2.45) is 0 Å². The highest BCUT2D eigenvalue weighted by molar-refractivity contribution is 6.03. The molecule has 10 amide bonds. The van der Waals surface area contributed by atoms with Crippen molar-refractivity contribution >= 4 is 80.9 Å². The second kappa shape index (κ2) is 33.7. The molecule has 7 heterocycles. The third kappa shape index (κ3) is 17.5. The van der Waals surface area contributed by atoms with Crippen LogP contribution in [0.1, 0.15) is 138 Å². The van der Waals surface area contributed by atoms with E-state index in [0.29, 0.717) is 101 Å². The van der Waals surface area contributed by atoms with Crippen LogP contribution in [0.5, 0.6) is 11.5 Å². The van der Waals surface area contributed by atoms with Gasteiger partial charge in [-0.25, -0.2) is 9.97 Å². The smallest absolute Gasteiger partial charge is 0.274 e. The van der Waals surface area contributed by atoms with Gasteiger partial charge in [0.05, 0.1) is 37.5 Å². The van der Waals surface area contributed by atoms with Crippen LogP contribution in [0.3, 0.4) is 0 Å². The molecular formula is C66H88N12O14. The number of hydrogen-bond donors (Lipinski definition) is 6. The van der Waals surface area contributed by atoms with E-state index in [1.54, 1.807) is 36.4 Å². The van der Waals surface area contributed by atoms with Crippen LogP contribution in [0.2, 0.25) is 0 Å². The van der Waals surface area contributed by atoms with Crippen LogP contribution in [-0.4, -0.2) is 217 Å². The first-order valence-corrected chi connectivity index (χ1v) is 32.9. The van der Waals surface area contributed by atoms with Crippen molar-refractivity contribution in [1.29, 1.82) is 0 Å². The van der Waals surface area contributed by atoms with E-state index >= 15 is 0 Å². The number of piperidine rings is 4. The minimum atomic E-state index is -1.42. The van der Waals surface area contributed by atoms with Gasteiger partial charge in [-0.1, -0.05) is 63.1 Å². The van der Waals surface area contributed by atoms with Gasteiger partial charge < -0.3 is 70.4 Å². The first kappa shape index (κ1) is 67.9. The van der Waals surface area contributed by atoms with Gasteiger partial charge in [-0.15, -0.1) is 0 Å². The Hall–Kier alpha value is -8.52. The topological polar surface area (TPSA) is 319 Å². The molecule has 0 spiro atoms. The van der Waals surface area contributed by atoms with Crippen molar-refractivity contribution in [3.05, 3.63) is 72.1 Å². The number of para-hydroxylation sites is 2. The number of hydrogen-bond acceptors (Lipinski definition) is 16. The molecule has 26 nitrogen and oxygen atoms in total. The normalized spacial score (nSPS) is 23.6. The monoisotopic (exact) mass is 1270 g/mol. The lowest BCUT2D eigenvalue weighted by Crippen LogP contribution is -2.61. The number of carbonyl (C=O) groups excluding carboxylic acids is 10. The molecule has 4 aromatic rings. The molecule has 5 aliphatic heterocycles. The number of benzene rings is 2. The lowest BCUT2D eigenvalue weighted by Gasteiger charge is -2.38. The van der Waals surface area contributed by atoms with Crippen molar-refractivity contribution in [3.63, 3.8) is 0 Å². The average Bonchev–Trinajstić information content (AvgIpc) is 1.47. The SMILES string of the molecule is CCCCOc1cc2ccccc2nc1C(=O)N[C@@H]1CNC(=O)[C@@H]2CCCCN2C(=O)COCCNC(=O)[C@@H]2CCCCN2C(=O)[C@H](NC(=O)c2nc3ccccc3cc2OCCCC)CNC(=O)[C@@H]2CCCCN2C(=O)COCCNC(=O)[C@@H]2CCCCN2C1=O. The lowest BCUT2D eigenvalue weighted by atomic mass is 9.99. The van der Waals surface area contributed by atoms with Gasteiger partial charge in [0.15, 0.2) is 22.9 Å². The fraction of sp³-hybridized carbons (Fsp3) is 0.576. The molecule has 0 radical (unpaired) electrons. The highest BCUT2D eigenvalue weighted by atomic mass is 16.5. The second-order valence-corrected chi connectivity index (χ2v) is 24.0. The van der Waals surface area contributed by atoms with Crippen LogP contribution in [0.25, 0.3) is 21.8 Å². The highest BCUT2D eigenvalue weighted by Gasteiger charge is 2.41. The maximum atomic E-state index is 15.0. The number of nitrogens with one attached hydrogen (secondary N) is 6. The molecule has 92 heavy (non-hydrogen) atoms. The number of pyridine rings is 2. The van der Waals surface area contributed by atoms with Gasteiger partial charge in [-0.2, -0.15) is 0 Å². The van der Waals surface area contributed by atoms with E-state index in [1.807, 2.05) is 38.1 Å². The highest BCUT2D eigenvalue weighted by Crippen LogP contribution is 2.28. The van der Waals surface area contributed by atoms with Crippen molar-refractivity contribution in [1.82, 2.24) is 61.5 Å². The molecule has 5 aliphatic rings. The van der Waals surface area contributed by atoms with Gasteiger partial charge in [-0.3, -0.25) is 47.9 Å². The number of nitrogens with zero attached hydrogens (tertiary/aromatic N) is 6. The Morgan fingerprint density at radius 3 is 1.25 bits per heavy atom. The average molecular weight is 1270 g/mol. The zero-order valence-electron chi connectivity index (χ0n) is 52.8. The molecule has 0 saturated carbocycles. The predicted molar refractivity (Wildman–Crippen MR) is 338 cm³/mol. The summed E-state index contributed by atoms with van der Waals surface area (Å²) in [6.45, 7) is 3.36. The molecule has 0 aliphatic carbocycles. The number of fused-ring (bicyclic) bond motifs is 6. The van der Waals surface area contributed by atoms with E-state index < -0.39 is 122 Å². The quantitative estimate of drug-likeness (QED) is 0.111. The molecule has 5 saturated heterocycles. The first-order chi connectivity index (χ1) is 44.7. The Morgan fingerprint density at radius 1 is 0.500 bits per heavy atom. The Labute approximate surface area is 535 Å². The van der Waals surface area contributed by atoms with Crippen LogP contribution in [0, 0.1) is 0 Å². The number of unbranched alkanes of at least 4 members (excludes halogenated alkanes) is 2. The van der Waals surface area contributed by atoms with E-state index in [1.165, 1.54) is 19.6 Å². The first-order valence-electron chi connectivity index (χ1n) is 32.9. The van der Waals surface area contributed by atoms with Gasteiger partial charge >= 0.3 is 0 Å². The molecule has 496 valence electrons. The molecule has 0 unspecified atom stereocenters. The van der Waals surface area contributed by atoms with E-state index in [9.17, 15) is 47.9 Å². The number of aromatic nitrogens is 2. The van der Waals surface area contributed by atoms with Gasteiger partial charge in [0, 0.05) is 63.1 Å². The van der Waals surface area contributed by atoms with Crippen molar-refractivity contribution in [2.45, 2.75) is 153 Å². The standard InChI is InChI=1S/C66H88N12O14/c1-3-5-33-91-53-37-43-19-7-9-21-45(43)71-57(53)63(85)73-47-39-69-61(83)49-23-11-15-29-75(49)55(79)41-90-36-28-68-60(82)52-26-14-18-32-78(52)66(88)48(74-64(86)58-54(92-34-6-4-2)38-44-20-8-10-22-46(44)72-58)40-70-62(84)50-24-12-16-30-76(50)56(80)42-89-35-27-67-59(81)51-25-13-17-31-77(51)65(47)87/h7-10,19-22,37-38,47-52H,3-6,11-18,23-36,39-42H2,1-2H3,(H,67,81)(H,68,82)(H,69,83)(H,70,84)(H,73,85)(H,74,86)/t47-,48-,49+,50+,51+,52+/m1/s1. The van der Waals surface area contributed by atoms with Crippen LogP contribution < -0.4 is 41.4 Å². The van der Waals surface area contributed by atoms with Gasteiger partial charge in [-0.05, 0) is 114 Å². The Bertz CT molecular complexity index is 3080. The Morgan fingerprint density at radius 2 is 0.859 bits per heavy atom. The Balaban J connectivity index is 0.948. The minimum Gasteiger partial charge on any atom is -0.491 e. The van der Waals surface area contributed by atoms with Crippen molar-refractivity contribution in [3.8, 4) is 11.5 Å². The third-order valence-electron chi connectivity index (χ3n) is 17.5. The van der Waals surface area contributed by atoms with Gasteiger partial charge in [0.2, 0.25) is 47.3 Å². The fourth-order valence-electron chi connectivity index (χ4n) is 12.4. The van der Waals surface area contributed by atoms with Gasteiger partial charge in [0.25, 0.3) is 11.8 Å². The van der Waals surface area contributed by atoms with Crippen LogP contribution in [0.15, 0.2) is 60.7 Å².